The summed E-state index contributed by atoms with van der Waals surface area (Å²) >= 11 is 0. The van der Waals surface area contributed by atoms with E-state index in [1.807, 2.05) is 11.8 Å². The Morgan fingerprint density at radius 3 is 3.00 bits per heavy atom. The third-order valence-corrected chi connectivity index (χ3v) is 4.77. The summed E-state index contributed by atoms with van der Waals surface area (Å²) in [5.41, 5.74) is 1.92. The monoisotopic (exact) mass is 337 g/mol. The molecule has 1 atom stereocenters. The van der Waals surface area contributed by atoms with Crippen LogP contribution in [0.4, 0.5) is 0 Å². The van der Waals surface area contributed by atoms with Crippen LogP contribution in [0, 0.1) is 6.92 Å². The molecule has 25 heavy (non-hydrogen) atoms. The van der Waals surface area contributed by atoms with E-state index in [1.54, 1.807) is 36.8 Å². The average molecular weight is 337 g/mol. The van der Waals surface area contributed by atoms with Gasteiger partial charge < -0.3 is 9.88 Å². The molecular formula is C18H19N5O2. The Kier molecular flexibility index (Phi) is 3.83. The highest BCUT2D eigenvalue weighted by atomic mass is 16.2. The van der Waals surface area contributed by atoms with E-state index in [9.17, 15) is 9.59 Å². The number of piperidine rings is 1. The number of imidazole rings is 1. The number of carbonyl (C=O) groups excluding carboxylic acids is 1. The number of fused-ring (bicyclic) bond motifs is 1. The molecule has 0 spiro atoms. The molecule has 7 heteroatoms. The largest absolute Gasteiger partial charge is 0.330 e. The van der Waals surface area contributed by atoms with E-state index in [-0.39, 0.29) is 17.5 Å². The van der Waals surface area contributed by atoms with Gasteiger partial charge in [-0.25, -0.2) is 4.98 Å². The summed E-state index contributed by atoms with van der Waals surface area (Å²) in [5, 5.41) is 0. The third-order valence-electron chi connectivity index (χ3n) is 4.77. The van der Waals surface area contributed by atoms with Crippen molar-refractivity contribution in [3.05, 3.63) is 64.1 Å². The molecule has 0 radical (unpaired) electrons. The standard InChI is InChI=1S/C18H19N5O2/c1-12-13(5-4-7-19-12)17(25)22-9-3-2-6-15(22)14-11-16(24)23-10-8-20-18(23)21-14/h4-5,7-8,10-11,15H,2-3,6,9H2,1H3,(H,20,21). The summed E-state index contributed by atoms with van der Waals surface area (Å²) in [6, 6.07) is 4.99. The molecule has 128 valence electrons. The maximum atomic E-state index is 13.1. The number of aromatic nitrogens is 4. The molecule has 1 aliphatic rings. The predicted molar refractivity (Wildman–Crippen MR) is 92.4 cm³/mol. The highest BCUT2D eigenvalue weighted by molar-refractivity contribution is 5.95. The number of hydrogen-bond donors (Lipinski definition) is 1. The van der Waals surface area contributed by atoms with E-state index < -0.39 is 0 Å². The van der Waals surface area contributed by atoms with Crippen molar-refractivity contribution < 1.29 is 4.79 Å². The number of likely N-dealkylation sites (tertiary alicyclic amines) is 1. The highest BCUT2D eigenvalue weighted by Gasteiger charge is 2.30. The van der Waals surface area contributed by atoms with Crippen molar-refractivity contribution in [2.45, 2.75) is 32.2 Å². The van der Waals surface area contributed by atoms with E-state index in [2.05, 4.69) is 15.0 Å². The zero-order chi connectivity index (χ0) is 17.4. The first-order chi connectivity index (χ1) is 12.1. The van der Waals surface area contributed by atoms with Gasteiger partial charge in [0.25, 0.3) is 11.5 Å². The fourth-order valence-corrected chi connectivity index (χ4v) is 3.48. The van der Waals surface area contributed by atoms with E-state index in [1.165, 1.54) is 4.40 Å². The van der Waals surface area contributed by atoms with Gasteiger partial charge in [0.2, 0.25) is 5.78 Å². The molecule has 0 bridgehead atoms. The second-order valence-electron chi connectivity index (χ2n) is 6.33. The lowest BCUT2D eigenvalue weighted by Gasteiger charge is -2.36. The van der Waals surface area contributed by atoms with Gasteiger partial charge in [-0.1, -0.05) is 0 Å². The molecule has 1 unspecified atom stereocenters. The number of nitrogens with zero attached hydrogens (tertiary/aromatic N) is 4. The lowest BCUT2D eigenvalue weighted by molar-refractivity contribution is 0.0604. The molecule has 7 nitrogen and oxygen atoms in total. The normalized spacial score (nSPS) is 17.8. The quantitative estimate of drug-likeness (QED) is 0.776. The molecule has 1 saturated heterocycles. The Balaban J connectivity index is 1.74. The zero-order valence-electron chi connectivity index (χ0n) is 14.0. The molecule has 1 N–H and O–H groups in total. The first kappa shape index (κ1) is 15.6. The number of nitrogens with one attached hydrogen (secondary N) is 1. The van der Waals surface area contributed by atoms with Crippen LogP contribution in [0.3, 0.4) is 0 Å². The molecule has 4 rings (SSSR count). The zero-order valence-corrected chi connectivity index (χ0v) is 14.0. The van der Waals surface area contributed by atoms with Gasteiger partial charge in [-0.2, -0.15) is 0 Å². The molecule has 3 aromatic heterocycles. The van der Waals surface area contributed by atoms with E-state index in [4.69, 9.17) is 0 Å². The molecule has 0 aromatic carbocycles. The molecule has 3 aromatic rings. The number of aryl methyl sites for hydroxylation is 1. The van der Waals surface area contributed by atoms with Crippen molar-refractivity contribution in [2.24, 2.45) is 0 Å². The van der Waals surface area contributed by atoms with Gasteiger partial charge in [-0.15, -0.1) is 0 Å². The second kappa shape index (κ2) is 6.16. The van der Waals surface area contributed by atoms with Gasteiger partial charge in [0.1, 0.15) is 0 Å². The minimum absolute atomic E-state index is 0.0423. The lowest BCUT2D eigenvalue weighted by Crippen LogP contribution is -2.39. The number of aromatic amines is 1. The molecule has 1 amide bonds. The molecule has 0 aliphatic carbocycles. The summed E-state index contributed by atoms with van der Waals surface area (Å²) in [6.07, 6.45) is 7.68. The fraction of sp³-hybridized carbons (Fsp3) is 0.333. The summed E-state index contributed by atoms with van der Waals surface area (Å²) in [5.74, 6) is 0.456. The van der Waals surface area contributed by atoms with Gasteiger partial charge in [0.05, 0.1) is 11.6 Å². The number of rotatable bonds is 2. The SMILES string of the molecule is Cc1ncccc1C(=O)N1CCCCC1c1cc(=O)n2ccnc2[nH]1. The number of hydrogen-bond acceptors (Lipinski definition) is 4. The van der Waals surface area contributed by atoms with Crippen LogP contribution in [0.25, 0.3) is 5.78 Å². The van der Waals surface area contributed by atoms with Crippen molar-refractivity contribution in [3.63, 3.8) is 0 Å². The van der Waals surface area contributed by atoms with Crippen LogP contribution in [0.2, 0.25) is 0 Å². The third kappa shape index (κ3) is 2.71. The van der Waals surface area contributed by atoms with Crippen LogP contribution in [0.15, 0.2) is 41.6 Å². The number of H-pyrrole nitrogens is 1. The Morgan fingerprint density at radius 1 is 1.28 bits per heavy atom. The predicted octanol–water partition coefficient (Wildman–Crippen LogP) is 2.09. The van der Waals surface area contributed by atoms with Crippen molar-refractivity contribution in [1.82, 2.24) is 24.3 Å². The van der Waals surface area contributed by atoms with Gasteiger partial charge in [0, 0.05) is 42.6 Å². The molecule has 1 aliphatic heterocycles. The maximum Gasteiger partial charge on any atom is 0.259 e. The van der Waals surface area contributed by atoms with E-state index >= 15 is 0 Å². The Bertz CT molecular complexity index is 990. The number of pyridine rings is 1. The summed E-state index contributed by atoms with van der Waals surface area (Å²) in [4.78, 5) is 38.8. The summed E-state index contributed by atoms with van der Waals surface area (Å²) in [7, 11) is 0. The van der Waals surface area contributed by atoms with Crippen LogP contribution < -0.4 is 5.56 Å². The van der Waals surface area contributed by atoms with Crippen LogP contribution in [0.1, 0.15) is 47.1 Å². The molecule has 4 heterocycles. The molecular weight excluding hydrogens is 318 g/mol. The minimum Gasteiger partial charge on any atom is -0.330 e. The van der Waals surface area contributed by atoms with Gasteiger partial charge in [-0.05, 0) is 38.3 Å². The second-order valence-corrected chi connectivity index (χ2v) is 6.33. The first-order valence-corrected chi connectivity index (χ1v) is 8.44. The average Bonchev–Trinajstić information content (AvgIpc) is 3.11. The summed E-state index contributed by atoms with van der Waals surface area (Å²) < 4.78 is 1.46. The topological polar surface area (TPSA) is 83.4 Å². The van der Waals surface area contributed by atoms with Crippen LogP contribution in [-0.4, -0.2) is 36.7 Å². The Hall–Kier alpha value is -2.96. The van der Waals surface area contributed by atoms with Crippen molar-refractivity contribution >= 4 is 11.7 Å². The van der Waals surface area contributed by atoms with Gasteiger partial charge in [-0.3, -0.25) is 19.0 Å². The first-order valence-electron chi connectivity index (χ1n) is 8.44. The fourth-order valence-electron chi connectivity index (χ4n) is 3.48. The smallest absolute Gasteiger partial charge is 0.259 e. The van der Waals surface area contributed by atoms with Gasteiger partial charge in [0.15, 0.2) is 0 Å². The van der Waals surface area contributed by atoms with Crippen LogP contribution in [-0.2, 0) is 0 Å². The van der Waals surface area contributed by atoms with Gasteiger partial charge >= 0.3 is 0 Å². The minimum atomic E-state index is -0.157. The lowest BCUT2D eigenvalue weighted by atomic mass is 9.97. The summed E-state index contributed by atoms with van der Waals surface area (Å²) in [6.45, 7) is 2.50. The molecule has 0 saturated carbocycles. The maximum absolute atomic E-state index is 13.1. The van der Waals surface area contributed by atoms with Crippen LogP contribution >= 0.6 is 0 Å². The van der Waals surface area contributed by atoms with Crippen molar-refractivity contribution in [2.75, 3.05) is 6.54 Å². The molecule has 1 fully saturated rings. The number of amides is 1. The Morgan fingerprint density at radius 2 is 2.16 bits per heavy atom. The Labute approximate surface area is 144 Å². The highest BCUT2D eigenvalue weighted by Crippen LogP contribution is 2.31. The van der Waals surface area contributed by atoms with E-state index in [0.29, 0.717) is 23.6 Å². The van der Waals surface area contributed by atoms with Crippen LogP contribution in [0.5, 0.6) is 0 Å². The van der Waals surface area contributed by atoms with E-state index in [0.717, 1.165) is 25.0 Å². The number of carbonyl (C=O) groups is 1. The van der Waals surface area contributed by atoms with Crippen molar-refractivity contribution in [3.8, 4) is 0 Å². The van der Waals surface area contributed by atoms with Crippen molar-refractivity contribution in [1.29, 1.82) is 0 Å².